The van der Waals surface area contributed by atoms with Gasteiger partial charge in [-0.25, -0.2) is 4.98 Å². The van der Waals surface area contributed by atoms with Crippen LogP contribution in [0.15, 0.2) is 59.8 Å². The van der Waals surface area contributed by atoms with Crippen molar-refractivity contribution in [1.82, 2.24) is 19.3 Å². The first-order valence-corrected chi connectivity index (χ1v) is 9.97. The second kappa shape index (κ2) is 7.52. The van der Waals surface area contributed by atoms with E-state index in [1.54, 1.807) is 4.68 Å². The molecule has 2 aromatic heterocycles. The number of nitrogens with one attached hydrogen (secondary N) is 1. The molecule has 142 valence electrons. The second-order valence-electron chi connectivity index (χ2n) is 6.69. The number of aryl methyl sites for hydroxylation is 3. The first-order chi connectivity index (χ1) is 13.5. The van der Waals surface area contributed by atoms with Crippen molar-refractivity contribution in [2.75, 3.05) is 11.1 Å². The molecule has 0 unspecified atom stereocenters. The van der Waals surface area contributed by atoms with Crippen LogP contribution in [-0.2, 0) is 11.8 Å². The number of nitrogens with zero attached hydrogens (tertiary/aromatic N) is 4. The van der Waals surface area contributed by atoms with Crippen molar-refractivity contribution >= 4 is 34.5 Å². The fraction of sp³-hybridized carbons (Fsp3) is 0.190. The minimum absolute atomic E-state index is 0.0875. The van der Waals surface area contributed by atoms with Crippen molar-refractivity contribution in [3.05, 3.63) is 65.9 Å². The highest BCUT2D eigenvalue weighted by Crippen LogP contribution is 2.28. The Morgan fingerprint density at radius 1 is 1.11 bits per heavy atom. The Kier molecular flexibility index (Phi) is 4.92. The Balaban J connectivity index is 1.60. The van der Waals surface area contributed by atoms with Gasteiger partial charge in [-0.3, -0.25) is 14.0 Å². The molecule has 2 aromatic carbocycles. The molecule has 0 saturated carbocycles. The van der Waals surface area contributed by atoms with E-state index in [-0.39, 0.29) is 11.7 Å². The molecule has 6 nitrogen and oxygen atoms in total. The van der Waals surface area contributed by atoms with E-state index in [1.165, 1.54) is 17.3 Å². The standard InChI is InChI=1S/C21H21N5OS/c1-14-8-10-16(11-9-14)26-18-7-5-4-6-17(18)22-21(26)28-13-20(27)23-19-12-15(2)24-25(19)3/h4-12H,13H2,1-3H3,(H,23,27). The number of fused-ring (bicyclic) bond motifs is 1. The summed E-state index contributed by atoms with van der Waals surface area (Å²) in [5.41, 5.74) is 5.04. The molecular weight excluding hydrogens is 370 g/mol. The predicted octanol–water partition coefficient (Wildman–Crippen LogP) is 4.11. The van der Waals surface area contributed by atoms with Gasteiger partial charge in [-0.05, 0) is 38.1 Å². The Bertz CT molecular complexity index is 1140. The van der Waals surface area contributed by atoms with Gasteiger partial charge in [0.25, 0.3) is 0 Å². The first-order valence-electron chi connectivity index (χ1n) is 8.99. The summed E-state index contributed by atoms with van der Waals surface area (Å²) >= 11 is 1.42. The van der Waals surface area contributed by atoms with Crippen LogP contribution in [0.1, 0.15) is 11.3 Å². The van der Waals surface area contributed by atoms with Gasteiger partial charge in [-0.1, -0.05) is 41.6 Å². The summed E-state index contributed by atoms with van der Waals surface area (Å²) in [7, 11) is 1.81. The SMILES string of the molecule is Cc1ccc(-n2c(SCC(=O)Nc3cc(C)nn3C)nc3ccccc32)cc1. The lowest BCUT2D eigenvalue weighted by Crippen LogP contribution is -2.16. The lowest BCUT2D eigenvalue weighted by atomic mass is 10.2. The number of carbonyl (C=O) groups excluding carboxylic acids is 1. The van der Waals surface area contributed by atoms with Gasteiger partial charge >= 0.3 is 0 Å². The minimum atomic E-state index is -0.0875. The highest BCUT2D eigenvalue weighted by molar-refractivity contribution is 7.99. The van der Waals surface area contributed by atoms with E-state index < -0.39 is 0 Å². The minimum Gasteiger partial charge on any atom is -0.310 e. The van der Waals surface area contributed by atoms with E-state index in [1.807, 2.05) is 44.3 Å². The van der Waals surface area contributed by atoms with E-state index >= 15 is 0 Å². The molecule has 0 aliphatic carbocycles. The Morgan fingerprint density at radius 3 is 2.57 bits per heavy atom. The number of imidazole rings is 1. The van der Waals surface area contributed by atoms with Crippen LogP contribution >= 0.6 is 11.8 Å². The van der Waals surface area contributed by atoms with E-state index in [0.717, 1.165) is 27.6 Å². The Labute approximate surface area is 167 Å². The van der Waals surface area contributed by atoms with Crippen LogP contribution in [-0.4, -0.2) is 31.0 Å². The van der Waals surface area contributed by atoms with Crippen molar-refractivity contribution < 1.29 is 4.79 Å². The van der Waals surface area contributed by atoms with Gasteiger partial charge in [0.05, 0.1) is 22.5 Å². The van der Waals surface area contributed by atoms with Crippen molar-refractivity contribution in [2.24, 2.45) is 7.05 Å². The Morgan fingerprint density at radius 2 is 1.86 bits per heavy atom. The van der Waals surface area contributed by atoms with Gasteiger partial charge in [0.1, 0.15) is 5.82 Å². The van der Waals surface area contributed by atoms with E-state index in [4.69, 9.17) is 4.98 Å². The van der Waals surface area contributed by atoms with Gasteiger partial charge in [-0.2, -0.15) is 5.10 Å². The van der Waals surface area contributed by atoms with Crippen LogP contribution in [0, 0.1) is 13.8 Å². The number of carbonyl (C=O) groups is 1. The third kappa shape index (κ3) is 3.66. The molecule has 2 heterocycles. The summed E-state index contributed by atoms with van der Waals surface area (Å²) in [5.74, 6) is 0.866. The monoisotopic (exact) mass is 391 g/mol. The quantitative estimate of drug-likeness (QED) is 0.520. The highest BCUT2D eigenvalue weighted by atomic mass is 32.2. The molecule has 0 atom stereocenters. The van der Waals surface area contributed by atoms with Crippen molar-refractivity contribution in [2.45, 2.75) is 19.0 Å². The van der Waals surface area contributed by atoms with Gasteiger partial charge in [0, 0.05) is 18.8 Å². The average Bonchev–Trinajstić information content (AvgIpc) is 3.20. The zero-order valence-electron chi connectivity index (χ0n) is 16.0. The van der Waals surface area contributed by atoms with Gasteiger partial charge in [0.15, 0.2) is 5.16 Å². The fourth-order valence-corrected chi connectivity index (χ4v) is 3.91. The number of aromatic nitrogens is 4. The predicted molar refractivity (Wildman–Crippen MR) is 113 cm³/mol. The van der Waals surface area contributed by atoms with Gasteiger partial charge in [0.2, 0.25) is 5.91 Å². The van der Waals surface area contributed by atoms with Gasteiger partial charge in [-0.15, -0.1) is 0 Å². The van der Waals surface area contributed by atoms with E-state index in [9.17, 15) is 4.79 Å². The Hall–Kier alpha value is -3.06. The van der Waals surface area contributed by atoms with Crippen LogP contribution in [0.3, 0.4) is 0 Å². The topological polar surface area (TPSA) is 64.7 Å². The summed E-state index contributed by atoms with van der Waals surface area (Å²) in [4.78, 5) is 17.2. The molecule has 0 bridgehead atoms. The average molecular weight is 392 g/mol. The van der Waals surface area contributed by atoms with Crippen molar-refractivity contribution in [3.63, 3.8) is 0 Å². The molecule has 0 radical (unpaired) electrons. The van der Waals surface area contributed by atoms with Crippen LogP contribution < -0.4 is 5.32 Å². The molecule has 0 fully saturated rings. The number of rotatable bonds is 5. The molecular formula is C21H21N5OS. The summed E-state index contributed by atoms with van der Waals surface area (Å²) in [6, 6.07) is 18.2. The maximum atomic E-state index is 12.4. The normalized spacial score (nSPS) is 11.1. The number of benzene rings is 2. The third-order valence-corrected chi connectivity index (χ3v) is 5.36. The molecule has 0 spiro atoms. The molecule has 4 rings (SSSR count). The number of amides is 1. The van der Waals surface area contributed by atoms with Crippen LogP contribution in [0.4, 0.5) is 5.82 Å². The van der Waals surface area contributed by atoms with Crippen LogP contribution in [0.2, 0.25) is 0 Å². The van der Waals surface area contributed by atoms with Crippen molar-refractivity contribution in [1.29, 1.82) is 0 Å². The number of hydrogen-bond acceptors (Lipinski definition) is 4. The third-order valence-electron chi connectivity index (χ3n) is 4.42. The van der Waals surface area contributed by atoms with Crippen LogP contribution in [0.25, 0.3) is 16.7 Å². The zero-order valence-corrected chi connectivity index (χ0v) is 16.8. The summed E-state index contributed by atoms with van der Waals surface area (Å²) in [6.07, 6.45) is 0. The van der Waals surface area contributed by atoms with Gasteiger partial charge < -0.3 is 5.32 Å². The number of thioether (sulfide) groups is 1. The number of anilines is 1. The number of para-hydroxylation sites is 2. The first kappa shape index (κ1) is 18.3. The smallest absolute Gasteiger partial charge is 0.235 e. The van der Waals surface area contributed by atoms with Crippen LogP contribution in [0.5, 0.6) is 0 Å². The number of hydrogen-bond donors (Lipinski definition) is 1. The van der Waals surface area contributed by atoms with E-state index in [0.29, 0.717) is 5.82 Å². The largest absolute Gasteiger partial charge is 0.310 e. The van der Waals surface area contributed by atoms with Crippen molar-refractivity contribution in [3.8, 4) is 5.69 Å². The highest BCUT2D eigenvalue weighted by Gasteiger charge is 2.15. The lowest BCUT2D eigenvalue weighted by molar-refractivity contribution is -0.113. The molecule has 4 aromatic rings. The molecule has 0 aliphatic rings. The lowest BCUT2D eigenvalue weighted by Gasteiger charge is -2.10. The summed E-state index contributed by atoms with van der Waals surface area (Å²) < 4.78 is 3.76. The summed E-state index contributed by atoms with van der Waals surface area (Å²) in [5, 5.41) is 7.95. The molecule has 1 N–H and O–H groups in total. The van der Waals surface area contributed by atoms with E-state index in [2.05, 4.69) is 46.2 Å². The molecule has 1 amide bonds. The molecule has 0 saturated heterocycles. The maximum absolute atomic E-state index is 12.4. The summed E-state index contributed by atoms with van der Waals surface area (Å²) in [6.45, 7) is 3.96. The maximum Gasteiger partial charge on any atom is 0.235 e. The zero-order chi connectivity index (χ0) is 19.7. The molecule has 7 heteroatoms. The molecule has 0 aliphatic heterocycles. The molecule has 28 heavy (non-hydrogen) atoms. The second-order valence-corrected chi connectivity index (χ2v) is 7.63. The fourth-order valence-electron chi connectivity index (χ4n) is 3.08.